The highest BCUT2D eigenvalue weighted by molar-refractivity contribution is 7.89. The molecule has 2 aromatic rings. The Kier molecular flexibility index (Phi) is 7.88. The first-order valence-corrected chi connectivity index (χ1v) is 13.6. The molecule has 1 N–H and O–H groups in total. The average molecular weight is 499 g/mol. The molecule has 188 valence electrons. The number of hydrogen-bond acceptors (Lipinski definition) is 5. The van der Waals surface area contributed by atoms with Gasteiger partial charge in [-0.05, 0) is 49.6 Å². The van der Waals surface area contributed by atoms with E-state index in [4.69, 9.17) is 0 Å². The molecule has 9 heteroatoms. The molecule has 2 heterocycles. The van der Waals surface area contributed by atoms with Gasteiger partial charge in [-0.1, -0.05) is 29.8 Å². The van der Waals surface area contributed by atoms with E-state index in [2.05, 4.69) is 41.4 Å². The van der Waals surface area contributed by atoms with Crippen molar-refractivity contribution in [1.29, 1.82) is 0 Å². The van der Waals surface area contributed by atoms with Crippen molar-refractivity contribution in [3.8, 4) is 0 Å². The lowest BCUT2D eigenvalue weighted by Crippen LogP contribution is -2.49. The Hall–Kier alpha value is -2.75. The molecule has 2 aliphatic rings. The molecular weight excluding hydrogens is 464 g/mol. The molecular formula is C26H34N4O4S. The number of amides is 2. The van der Waals surface area contributed by atoms with Crippen molar-refractivity contribution in [3.63, 3.8) is 0 Å². The van der Waals surface area contributed by atoms with Crippen LogP contribution in [0.25, 0.3) is 0 Å². The first kappa shape index (κ1) is 25.3. The predicted molar refractivity (Wildman–Crippen MR) is 134 cm³/mol. The Bertz CT molecular complexity index is 1150. The van der Waals surface area contributed by atoms with E-state index < -0.39 is 10.0 Å². The summed E-state index contributed by atoms with van der Waals surface area (Å²) in [6.07, 6.45) is 1.77. The van der Waals surface area contributed by atoms with E-state index in [1.165, 1.54) is 34.5 Å². The number of benzene rings is 2. The van der Waals surface area contributed by atoms with Crippen LogP contribution in [-0.2, 0) is 21.4 Å². The minimum absolute atomic E-state index is 0.0469. The van der Waals surface area contributed by atoms with Gasteiger partial charge in [0, 0.05) is 64.3 Å². The summed E-state index contributed by atoms with van der Waals surface area (Å²) in [5.41, 5.74) is 3.02. The summed E-state index contributed by atoms with van der Waals surface area (Å²) in [6.45, 7) is 7.67. The molecule has 0 aliphatic carbocycles. The van der Waals surface area contributed by atoms with E-state index in [1.54, 1.807) is 17.0 Å². The molecule has 0 spiro atoms. The van der Waals surface area contributed by atoms with Gasteiger partial charge in [0.1, 0.15) is 0 Å². The van der Waals surface area contributed by atoms with Gasteiger partial charge in [-0.2, -0.15) is 4.31 Å². The van der Waals surface area contributed by atoms with Crippen LogP contribution in [-0.4, -0.2) is 79.6 Å². The summed E-state index contributed by atoms with van der Waals surface area (Å²) >= 11 is 0. The lowest BCUT2D eigenvalue weighted by molar-refractivity contribution is -0.129. The van der Waals surface area contributed by atoms with Crippen molar-refractivity contribution in [2.75, 3.05) is 39.3 Å². The molecule has 2 aromatic carbocycles. The summed E-state index contributed by atoms with van der Waals surface area (Å²) in [7, 11) is -3.66. The van der Waals surface area contributed by atoms with Crippen molar-refractivity contribution >= 4 is 21.8 Å². The summed E-state index contributed by atoms with van der Waals surface area (Å²) in [6, 6.07) is 14.8. The highest BCUT2D eigenvalue weighted by Crippen LogP contribution is 2.19. The van der Waals surface area contributed by atoms with Crippen molar-refractivity contribution in [2.45, 2.75) is 44.2 Å². The SMILES string of the molecule is CC(=O)N1CCN(S(=O)(=O)c2ccc(C(=O)NC3CCN(Cc4cccc(C)c4)CC3)cc2)CC1. The molecule has 0 bridgehead atoms. The van der Waals surface area contributed by atoms with Gasteiger partial charge in [-0.15, -0.1) is 0 Å². The van der Waals surface area contributed by atoms with Gasteiger partial charge >= 0.3 is 0 Å². The third-order valence-corrected chi connectivity index (χ3v) is 8.76. The molecule has 2 saturated heterocycles. The molecule has 2 amide bonds. The van der Waals surface area contributed by atoms with E-state index in [-0.39, 0.29) is 35.8 Å². The summed E-state index contributed by atoms with van der Waals surface area (Å²) < 4.78 is 27.3. The molecule has 4 rings (SSSR count). The van der Waals surface area contributed by atoms with Crippen molar-refractivity contribution < 1.29 is 18.0 Å². The van der Waals surface area contributed by atoms with Crippen LogP contribution in [0.2, 0.25) is 0 Å². The molecule has 0 atom stereocenters. The first-order valence-electron chi connectivity index (χ1n) is 12.2. The molecule has 0 radical (unpaired) electrons. The quantitative estimate of drug-likeness (QED) is 0.660. The van der Waals surface area contributed by atoms with Crippen LogP contribution in [0.5, 0.6) is 0 Å². The van der Waals surface area contributed by atoms with E-state index >= 15 is 0 Å². The maximum Gasteiger partial charge on any atom is 0.251 e. The van der Waals surface area contributed by atoms with Crippen molar-refractivity contribution in [3.05, 3.63) is 65.2 Å². The summed E-state index contributed by atoms with van der Waals surface area (Å²) in [5.74, 6) is -0.226. The van der Waals surface area contributed by atoms with Crippen LogP contribution in [0.1, 0.15) is 41.3 Å². The number of piperidine rings is 1. The van der Waals surface area contributed by atoms with Crippen LogP contribution in [0.3, 0.4) is 0 Å². The van der Waals surface area contributed by atoms with Gasteiger partial charge in [-0.25, -0.2) is 8.42 Å². The third-order valence-electron chi connectivity index (χ3n) is 6.85. The molecule has 2 fully saturated rings. The maximum atomic E-state index is 13.0. The van der Waals surface area contributed by atoms with Crippen molar-refractivity contribution in [1.82, 2.24) is 19.4 Å². The number of carbonyl (C=O) groups excluding carboxylic acids is 2. The predicted octanol–water partition coefficient (Wildman–Crippen LogP) is 2.24. The van der Waals surface area contributed by atoms with Gasteiger partial charge in [0.25, 0.3) is 5.91 Å². The van der Waals surface area contributed by atoms with E-state index in [9.17, 15) is 18.0 Å². The van der Waals surface area contributed by atoms with Crippen LogP contribution in [0.15, 0.2) is 53.4 Å². The van der Waals surface area contributed by atoms with Gasteiger partial charge in [0.05, 0.1) is 4.90 Å². The summed E-state index contributed by atoms with van der Waals surface area (Å²) in [4.78, 5) is 28.5. The van der Waals surface area contributed by atoms with E-state index in [1.807, 2.05) is 0 Å². The Morgan fingerprint density at radius 1 is 0.943 bits per heavy atom. The smallest absolute Gasteiger partial charge is 0.251 e. The van der Waals surface area contributed by atoms with E-state index in [0.29, 0.717) is 18.7 Å². The zero-order valence-electron chi connectivity index (χ0n) is 20.4. The highest BCUT2D eigenvalue weighted by atomic mass is 32.2. The molecule has 8 nitrogen and oxygen atoms in total. The van der Waals surface area contributed by atoms with Crippen LogP contribution in [0.4, 0.5) is 0 Å². The molecule has 2 aliphatic heterocycles. The Labute approximate surface area is 207 Å². The summed E-state index contributed by atoms with van der Waals surface area (Å²) in [5, 5.41) is 3.10. The number of likely N-dealkylation sites (tertiary alicyclic amines) is 1. The van der Waals surface area contributed by atoms with Gasteiger partial charge in [0.2, 0.25) is 15.9 Å². The topological polar surface area (TPSA) is 90.0 Å². The third kappa shape index (κ3) is 6.28. The maximum absolute atomic E-state index is 13.0. The van der Waals surface area contributed by atoms with Crippen molar-refractivity contribution in [2.24, 2.45) is 0 Å². The minimum atomic E-state index is -3.66. The zero-order chi connectivity index (χ0) is 25.0. The number of sulfonamides is 1. The Balaban J connectivity index is 1.28. The monoisotopic (exact) mass is 498 g/mol. The number of rotatable bonds is 6. The van der Waals surface area contributed by atoms with Crippen LogP contribution in [0, 0.1) is 6.92 Å². The second kappa shape index (κ2) is 10.9. The Morgan fingerprint density at radius 3 is 2.20 bits per heavy atom. The lowest BCUT2D eigenvalue weighted by Gasteiger charge is -2.33. The standard InChI is InChI=1S/C26H34N4O4S/c1-20-4-3-5-22(18-20)19-28-12-10-24(11-13-28)27-26(32)23-6-8-25(9-7-23)35(33,34)30-16-14-29(15-17-30)21(2)31/h3-9,18,24H,10-17,19H2,1-2H3,(H,27,32). The van der Waals surface area contributed by atoms with Gasteiger partial charge < -0.3 is 10.2 Å². The molecule has 0 saturated carbocycles. The normalized spacial score (nSPS) is 18.4. The first-order chi connectivity index (χ1) is 16.7. The largest absolute Gasteiger partial charge is 0.349 e. The van der Waals surface area contributed by atoms with Crippen LogP contribution < -0.4 is 5.32 Å². The number of carbonyl (C=O) groups is 2. The molecule has 35 heavy (non-hydrogen) atoms. The molecule has 0 aromatic heterocycles. The van der Waals surface area contributed by atoms with Crippen LogP contribution >= 0.6 is 0 Å². The zero-order valence-corrected chi connectivity index (χ0v) is 21.3. The number of aryl methyl sites for hydroxylation is 1. The highest BCUT2D eigenvalue weighted by Gasteiger charge is 2.29. The second-order valence-electron chi connectivity index (χ2n) is 9.45. The lowest BCUT2D eigenvalue weighted by atomic mass is 10.0. The van der Waals surface area contributed by atoms with Gasteiger partial charge in [-0.3, -0.25) is 14.5 Å². The Morgan fingerprint density at radius 2 is 1.60 bits per heavy atom. The fraction of sp³-hybridized carbons (Fsp3) is 0.462. The van der Waals surface area contributed by atoms with Gasteiger partial charge in [0.15, 0.2) is 0 Å². The second-order valence-corrected chi connectivity index (χ2v) is 11.4. The number of nitrogens with zero attached hydrogens (tertiary/aromatic N) is 3. The average Bonchev–Trinajstić information content (AvgIpc) is 2.85. The number of piperazine rings is 1. The molecule has 0 unspecified atom stereocenters. The van der Waals surface area contributed by atoms with E-state index in [0.717, 1.165) is 32.5 Å². The fourth-order valence-electron chi connectivity index (χ4n) is 4.74. The number of hydrogen-bond donors (Lipinski definition) is 1. The number of nitrogens with one attached hydrogen (secondary N) is 1. The fourth-order valence-corrected chi connectivity index (χ4v) is 6.17. The minimum Gasteiger partial charge on any atom is -0.349 e.